The smallest absolute Gasteiger partial charge is 0.263 e. The van der Waals surface area contributed by atoms with Crippen LogP contribution in [0.2, 0.25) is 0 Å². The van der Waals surface area contributed by atoms with Crippen molar-refractivity contribution in [1.29, 1.82) is 0 Å². The molecule has 0 atom stereocenters. The average molecular weight is 493 g/mol. The average Bonchev–Trinajstić information content (AvgIpc) is 3.36. The zero-order chi connectivity index (χ0) is 24.7. The maximum atomic E-state index is 14.5. The van der Waals surface area contributed by atoms with Crippen molar-refractivity contribution in [2.75, 3.05) is 5.75 Å². The van der Waals surface area contributed by atoms with Gasteiger partial charge in [0.05, 0.1) is 22.7 Å². The molecule has 1 fully saturated rings. The molecule has 0 radical (unpaired) electrons. The van der Waals surface area contributed by atoms with Gasteiger partial charge >= 0.3 is 0 Å². The lowest BCUT2D eigenvalue weighted by molar-refractivity contribution is 0.102. The molecule has 0 saturated heterocycles. The molecule has 1 heterocycles. The van der Waals surface area contributed by atoms with E-state index in [-0.39, 0.29) is 22.5 Å². The minimum absolute atomic E-state index is 0.0108. The van der Waals surface area contributed by atoms with E-state index in [1.807, 2.05) is 67.6 Å². The van der Waals surface area contributed by atoms with Crippen LogP contribution in [0.5, 0.6) is 0 Å². The Hall–Kier alpha value is -3.44. The van der Waals surface area contributed by atoms with E-state index in [9.17, 15) is 9.59 Å². The molecule has 0 unspecified atom stereocenters. The molecule has 4 aromatic rings. The molecule has 0 N–H and O–H groups in total. The van der Waals surface area contributed by atoms with Crippen LogP contribution in [-0.4, -0.2) is 21.1 Å². The summed E-state index contributed by atoms with van der Waals surface area (Å²) < 4.78 is 1.75. The summed E-state index contributed by atoms with van der Waals surface area (Å²) in [6.07, 6.45) is 5.18. The highest BCUT2D eigenvalue weighted by atomic mass is 32.2. The third-order valence-electron chi connectivity index (χ3n) is 7.63. The van der Waals surface area contributed by atoms with Crippen LogP contribution >= 0.6 is 11.8 Å². The fourth-order valence-electron chi connectivity index (χ4n) is 5.94. The first-order chi connectivity index (χ1) is 17.6. The first kappa shape index (κ1) is 23.0. The molecular weight excluding hydrogens is 464 g/mol. The summed E-state index contributed by atoms with van der Waals surface area (Å²) in [5, 5.41) is 0.568. The van der Waals surface area contributed by atoms with Gasteiger partial charge in [0.25, 0.3) is 5.56 Å². The number of hydrogen-bond donors (Lipinski definition) is 0. The standard InChI is InChI=1S/C31H28N2O2S/c1-21-10-9-14-24(18-21)33-29(35)27-28(32-30(33)36-20-26(34)22-11-3-2-4-12-22)25-15-6-5-13-23(25)19-31(27)16-7-8-17-31/h2-6,9-15,18H,7-8,16-17,19-20H2,1H3. The third kappa shape index (κ3) is 3.92. The zero-order valence-electron chi connectivity index (χ0n) is 20.4. The first-order valence-electron chi connectivity index (χ1n) is 12.6. The summed E-state index contributed by atoms with van der Waals surface area (Å²) in [7, 11) is 0. The predicted octanol–water partition coefficient (Wildman–Crippen LogP) is 6.55. The van der Waals surface area contributed by atoms with Crippen LogP contribution in [0.1, 0.15) is 52.7 Å². The summed E-state index contributed by atoms with van der Waals surface area (Å²) in [6.45, 7) is 2.03. The van der Waals surface area contributed by atoms with E-state index in [1.165, 1.54) is 17.3 Å². The summed E-state index contributed by atoms with van der Waals surface area (Å²) in [5.41, 5.74) is 6.38. The van der Waals surface area contributed by atoms with Crippen molar-refractivity contribution in [3.05, 3.63) is 111 Å². The number of Topliss-reactive ketones (excluding diaryl/α,β-unsaturated/α-hetero) is 1. The van der Waals surface area contributed by atoms with Crippen LogP contribution in [0.25, 0.3) is 16.9 Å². The molecule has 1 spiro atoms. The van der Waals surface area contributed by atoms with Crippen molar-refractivity contribution >= 4 is 17.5 Å². The Kier molecular flexibility index (Phi) is 5.88. The van der Waals surface area contributed by atoms with Crippen molar-refractivity contribution < 1.29 is 4.79 Å². The number of ketones is 1. The Labute approximate surface area is 215 Å². The number of fused-ring (bicyclic) bond motifs is 4. The molecule has 2 aliphatic rings. The van der Waals surface area contributed by atoms with Crippen LogP contribution in [0.15, 0.2) is 88.8 Å². The number of carbonyl (C=O) groups is 1. The molecule has 0 aliphatic heterocycles. The van der Waals surface area contributed by atoms with E-state index in [0.717, 1.165) is 60.2 Å². The van der Waals surface area contributed by atoms with E-state index >= 15 is 0 Å². The molecule has 2 aliphatic carbocycles. The SMILES string of the molecule is Cc1cccc(-n2c(SCC(=O)c3ccccc3)nc3c(c2=O)C2(CCCC2)Cc2ccccc2-3)c1. The van der Waals surface area contributed by atoms with Crippen LogP contribution in [0.3, 0.4) is 0 Å². The van der Waals surface area contributed by atoms with Gasteiger partial charge in [-0.05, 0) is 49.4 Å². The van der Waals surface area contributed by atoms with Gasteiger partial charge in [-0.2, -0.15) is 0 Å². The van der Waals surface area contributed by atoms with Crippen LogP contribution in [0, 0.1) is 6.92 Å². The van der Waals surface area contributed by atoms with Gasteiger partial charge < -0.3 is 0 Å². The third-order valence-corrected chi connectivity index (χ3v) is 8.57. The number of rotatable bonds is 5. The maximum Gasteiger partial charge on any atom is 0.263 e. The van der Waals surface area contributed by atoms with Gasteiger partial charge in [-0.25, -0.2) is 4.98 Å². The van der Waals surface area contributed by atoms with Crippen molar-refractivity contribution in [1.82, 2.24) is 9.55 Å². The minimum atomic E-state index is -0.164. The lowest BCUT2D eigenvalue weighted by Gasteiger charge is -2.36. The quantitative estimate of drug-likeness (QED) is 0.180. The normalized spacial score (nSPS) is 15.5. The molecule has 5 heteroatoms. The van der Waals surface area contributed by atoms with Gasteiger partial charge in [0.15, 0.2) is 10.9 Å². The Morgan fingerprint density at radius 1 is 0.972 bits per heavy atom. The lowest BCUT2D eigenvalue weighted by atomic mass is 9.68. The fourth-order valence-corrected chi connectivity index (χ4v) is 6.84. The van der Waals surface area contributed by atoms with E-state index in [2.05, 4.69) is 18.2 Å². The number of benzene rings is 3. The summed E-state index contributed by atoms with van der Waals surface area (Å²) >= 11 is 1.35. The highest BCUT2D eigenvalue weighted by Gasteiger charge is 2.44. The Bertz CT molecular complexity index is 1520. The molecule has 0 bridgehead atoms. The molecular formula is C31H28N2O2S. The molecule has 1 aromatic heterocycles. The fraction of sp³-hybridized carbons (Fsp3) is 0.258. The molecule has 6 rings (SSSR count). The Morgan fingerprint density at radius 3 is 2.50 bits per heavy atom. The van der Waals surface area contributed by atoms with E-state index in [4.69, 9.17) is 4.98 Å². The maximum absolute atomic E-state index is 14.5. The van der Waals surface area contributed by atoms with Crippen molar-refractivity contribution in [2.24, 2.45) is 0 Å². The molecule has 1 saturated carbocycles. The topological polar surface area (TPSA) is 52.0 Å². The summed E-state index contributed by atoms with van der Waals surface area (Å²) in [4.78, 5) is 32.6. The zero-order valence-corrected chi connectivity index (χ0v) is 21.2. The number of hydrogen-bond acceptors (Lipinski definition) is 4. The van der Waals surface area contributed by atoms with Crippen LogP contribution in [-0.2, 0) is 11.8 Å². The van der Waals surface area contributed by atoms with Crippen LogP contribution in [0.4, 0.5) is 0 Å². The summed E-state index contributed by atoms with van der Waals surface area (Å²) in [5.74, 6) is 0.240. The molecule has 4 nitrogen and oxygen atoms in total. The van der Waals surface area contributed by atoms with E-state index in [1.54, 1.807) is 4.57 Å². The summed E-state index contributed by atoms with van der Waals surface area (Å²) in [6, 6.07) is 25.7. The first-order valence-corrected chi connectivity index (χ1v) is 13.6. The minimum Gasteiger partial charge on any atom is -0.293 e. The Morgan fingerprint density at radius 2 is 1.72 bits per heavy atom. The second kappa shape index (κ2) is 9.21. The van der Waals surface area contributed by atoms with Gasteiger partial charge in [-0.3, -0.25) is 14.2 Å². The monoisotopic (exact) mass is 492 g/mol. The number of nitrogens with zero attached hydrogens (tertiary/aromatic N) is 2. The second-order valence-corrected chi connectivity index (χ2v) is 10.9. The lowest BCUT2D eigenvalue weighted by Crippen LogP contribution is -2.40. The van der Waals surface area contributed by atoms with Gasteiger partial charge in [0.2, 0.25) is 0 Å². The van der Waals surface area contributed by atoms with Gasteiger partial charge in [0.1, 0.15) is 0 Å². The number of aromatic nitrogens is 2. The molecule has 3 aromatic carbocycles. The van der Waals surface area contributed by atoms with Gasteiger partial charge in [0, 0.05) is 16.5 Å². The van der Waals surface area contributed by atoms with Crippen molar-refractivity contribution in [2.45, 2.75) is 49.6 Å². The van der Waals surface area contributed by atoms with Gasteiger partial charge in [-0.1, -0.05) is 91.3 Å². The van der Waals surface area contributed by atoms with Crippen LogP contribution < -0.4 is 5.56 Å². The predicted molar refractivity (Wildman–Crippen MR) is 145 cm³/mol. The van der Waals surface area contributed by atoms with E-state index in [0.29, 0.717) is 10.7 Å². The molecule has 36 heavy (non-hydrogen) atoms. The highest BCUT2D eigenvalue weighted by molar-refractivity contribution is 7.99. The van der Waals surface area contributed by atoms with Crippen molar-refractivity contribution in [3.63, 3.8) is 0 Å². The number of thioether (sulfide) groups is 1. The Balaban J connectivity index is 1.55. The number of aryl methyl sites for hydroxylation is 1. The largest absolute Gasteiger partial charge is 0.293 e. The highest BCUT2D eigenvalue weighted by Crippen LogP contribution is 2.50. The second-order valence-electron chi connectivity index (χ2n) is 10.00. The molecule has 0 amide bonds. The number of carbonyl (C=O) groups excluding carboxylic acids is 1. The van der Waals surface area contributed by atoms with Gasteiger partial charge in [-0.15, -0.1) is 0 Å². The molecule has 180 valence electrons. The van der Waals surface area contributed by atoms with E-state index < -0.39 is 0 Å². The van der Waals surface area contributed by atoms with Crippen molar-refractivity contribution in [3.8, 4) is 16.9 Å².